The van der Waals surface area contributed by atoms with Crippen LogP contribution in [0.3, 0.4) is 0 Å². The van der Waals surface area contributed by atoms with Crippen molar-refractivity contribution in [3.8, 4) is 0 Å². The number of likely N-dealkylation sites (N-methyl/N-ethyl adjacent to an activating group) is 1. The maximum atomic E-state index is 11.4. The topological polar surface area (TPSA) is 69.7 Å². The summed E-state index contributed by atoms with van der Waals surface area (Å²) in [5.41, 5.74) is 0. The normalized spacial score (nSPS) is 26.7. The van der Waals surface area contributed by atoms with Crippen LogP contribution in [0.15, 0.2) is 0 Å². The predicted molar refractivity (Wildman–Crippen MR) is 55.5 cm³/mol. The van der Waals surface area contributed by atoms with Crippen molar-refractivity contribution < 1.29 is 14.4 Å². The third-order valence-electron chi connectivity index (χ3n) is 3.20. The molecule has 0 bridgehead atoms. The van der Waals surface area contributed by atoms with Crippen LogP contribution in [0.1, 0.15) is 19.8 Å². The zero-order chi connectivity index (χ0) is 11.7. The smallest absolute Gasteiger partial charge is 0.299 e. The molecule has 2 aliphatic heterocycles. The molecule has 0 saturated carbocycles. The molecule has 1 atom stereocenters. The van der Waals surface area contributed by atoms with Gasteiger partial charge in [0.2, 0.25) is 0 Å². The van der Waals surface area contributed by atoms with Crippen molar-refractivity contribution in [2.45, 2.75) is 25.8 Å². The second-order valence-electron chi connectivity index (χ2n) is 4.10. The number of nitrogens with one attached hydrogen (secondary N) is 1. The number of hydrogen-bond acceptors (Lipinski definition) is 4. The van der Waals surface area contributed by atoms with E-state index >= 15 is 0 Å². The van der Waals surface area contributed by atoms with Gasteiger partial charge in [0, 0.05) is 12.6 Å². The fraction of sp³-hybridized carbons (Fsp3) is 0.700. The SMILES string of the molecule is CCN1CCCC1CN1C(=O)NC(=O)C1=O. The molecule has 0 aromatic carbocycles. The van der Waals surface area contributed by atoms with Crippen molar-refractivity contribution in [2.75, 3.05) is 19.6 Å². The molecule has 1 N–H and O–H groups in total. The van der Waals surface area contributed by atoms with Gasteiger partial charge in [-0.3, -0.25) is 24.7 Å². The van der Waals surface area contributed by atoms with Crippen molar-refractivity contribution in [1.29, 1.82) is 0 Å². The number of carbonyl (C=O) groups is 3. The fourth-order valence-electron chi connectivity index (χ4n) is 2.33. The van der Waals surface area contributed by atoms with Crippen molar-refractivity contribution in [3.05, 3.63) is 0 Å². The monoisotopic (exact) mass is 225 g/mol. The van der Waals surface area contributed by atoms with Crippen LogP contribution >= 0.6 is 0 Å². The van der Waals surface area contributed by atoms with Crippen LogP contribution in [0.5, 0.6) is 0 Å². The zero-order valence-electron chi connectivity index (χ0n) is 9.23. The molecule has 0 aliphatic carbocycles. The summed E-state index contributed by atoms with van der Waals surface area (Å²) >= 11 is 0. The van der Waals surface area contributed by atoms with Crippen LogP contribution in [0.4, 0.5) is 4.79 Å². The Bertz CT molecular complexity index is 342. The van der Waals surface area contributed by atoms with Gasteiger partial charge in [-0.15, -0.1) is 0 Å². The van der Waals surface area contributed by atoms with E-state index in [-0.39, 0.29) is 6.04 Å². The highest BCUT2D eigenvalue weighted by Gasteiger charge is 2.39. The molecule has 6 nitrogen and oxygen atoms in total. The second kappa shape index (κ2) is 4.21. The lowest BCUT2D eigenvalue weighted by Crippen LogP contribution is -2.43. The van der Waals surface area contributed by atoms with Crippen LogP contribution in [-0.4, -0.2) is 53.3 Å². The van der Waals surface area contributed by atoms with Gasteiger partial charge in [-0.05, 0) is 25.9 Å². The van der Waals surface area contributed by atoms with Gasteiger partial charge >= 0.3 is 17.8 Å². The molecular weight excluding hydrogens is 210 g/mol. The summed E-state index contributed by atoms with van der Waals surface area (Å²) in [5, 5.41) is 2.00. The first kappa shape index (κ1) is 11.1. The molecule has 4 amide bonds. The highest BCUT2D eigenvalue weighted by molar-refractivity contribution is 6.44. The van der Waals surface area contributed by atoms with Gasteiger partial charge in [-0.25, -0.2) is 4.79 Å². The molecular formula is C10H15N3O3. The lowest BCUT2D eigenvalue weighted by molar-refractivity contribution is -0.140. The van der Waals surface area contributed by atoms with Crippen molar-refractivity contribution in [3.63, 3.8) is 0 Å². The van der Waals surface area contributed by atoms with E-state index < -0.39 is 17.8 Å². The lowest BCUT2D eigenvalue weighted by atomic mass is 10.2. The van der Waals surface area contributed by atoms with E-state index in [2.05, 4.69) is 11.8 Å². The molecule has 2 fully saturated rings. The Hall–Kier alpha value is -1.43. The van der Waals surface area contributed by atoms with Gasteiger partial charge in [0.25, 0.3) is 0 Å². The molecule has 16 heavy (non-hydrogen) atoms. The number of nitrogens with zero attached hydrogens (tertiary/aromatic N) is 2. The molecule has 2 aliphatic rings. The van der Waals surface area contributed by atoms with Crippen molar-refractivity contribution in [2.24, 2.45) is 0 Å². The number of imide groups is 2. The third kappa shape index (κ3) is 1.80. The summed E-state index contributed by atoms with van der Waals surface area (Å²) in [7, 11) is 0. The second-order valence-corrected chi connectivity index (χ2v) is 4.10. The summed E-state index contributed by atoms with van der Waals surface area (Å²) < 4.78 is 0. The largest absolute Gasteiger partial charge is 0.331 e. The minimum Gasteiger partial charge on any atom is -0.299 e. The first-order valence-electron chi connectivity index (χ1n) is 5.54. The van der Waals surface area contributed by atoms with Crippen LogP contribution in [0.2, 0.25) is 0 Å². The Morgan fingerprint density at radius 3 is 2.69 bits per heavy atom. The van der Waals surface area contributed by atoms with Gasteiger partial charge in [0.05, 0.1) is 0 Å². The average Bonchev–Trinajstić information content (AvgIpc) is 2.79. The number of carbonyl (C=O) groups excluding carboxylic acids is 3. The first-order chi connectivity index (χ1) is 7.63. The number of amides is 4. The van der Waals surface area contributed by atoms with Gasteiger partial charge in [0.1, 0.15) is 0 Å². The first-order valence-corrected chi connectivity index (χ1v) is 5.54. The van der Waals surface area contributed by atoms with Crippen LogP contribution in [0, 0.1) is 0 Å². The predicted octanol–water partition coefficient (Wildman–Crippen LogP) is -0.451. The summed E-state index contributed by atoms with van der Waals surface area (Å²) in [5.74, 6) is -1.54. The van der Waals surface area contributed by atoms with E-state index in [0.717, 1.165) is 30.8 Å². The standard InChI is InChI=1S/C10H15N3O3/c1-2-12-5-3-4-7(12)6-13-9(15)8(14)11-10(13)16/h7H,2-6H2,1H3,(H,11,14,16). The molecule has 6 heteroatoms. The number of urea groups is 1. The van der Waals surface area contributed by atoms with Gasteiger partial charge in [0.15, 0.2) is 0 Å². The van der Waals surface area contributed by atoms with Crippen LogP contribution < -0.4 is 5.32 Å². The zero-order valence-corrected chi connectivity index (χ0v) is 9.23. The molecule has 0 aromatic rings. The maximum absolute atomic E-state index is 11.4. The minimum atomic E-state index is -0.814. The molecule has 2 saturated heterocycles. The average molecular weight is 225 g/mol. The maximum Gasteiger partial charge on any atom is 0.331 e. The fourth-order valence-corrected chi connectivity index (χ4v) is 2.33. The summed E-state index contributed by atoms with van der Waals surface area (Å²) in [6.45, 7) is 4.28. The Kier molecular flexibility index (Phi) is 2.91. The Labute approximate surface area is 93.6 Å². The highest BCUT2D eigenvalue weighted by Crippen LogP contribution is 2.18. The number of hydrogen-bond donors (Lipinski definition) is 1. The Balaban J connectivity index is 2.01. The van der Waals surface area contributed by atoms with E-state index in [9.17, 15) is 14.4 Å². The van der Waals surface area contributed by atoms with Gasteiger partial charge < -0.3 is 0 Å². The summed E-state index contributed by atoms with van der Waals surface area (Å²) in [6, 6.07) is -0.386. The number of rotatable bonds is 3. The molecule has 88 valence electrons. The van der Waals surface area contributed by atoms with Crippen LogP contribution in [-0.2, 0) is 9.59 Å². The molecule has 2 heterocycles. The van der Waals surface area contributed by atoms with E-state index in [1.54, 1.807) is 0 Å². The third-order valence-corrected chi connectivity index (χ3v) is 3.20. The van der Waals surface area contributed by atoms with E-state index in [4.69, 9.17) is 0 Å². The Morgan fingerprint density at radius 2 is 2.12 bits per heavy atom. The number of likely N-dealkylation sites (tertiary alicyclic amines) is 1. The van der Waals surface area contributed by atoms with Gasteiger partial charge in [-0.2, -0.15) is 0 Å². The quantitative estimate of drug-likeness (QED) is 0.521. The molecule has 1 unspecified atom stereocenters. The van der Waals surface area contributed by atoms with E-state index in [1.165, 1.54) is 0 Å². The lowest BCUT2D eigenvalue weighted by Gasteiger charge is -2.25. The molecule has 0 aromatic heterocycles. The summed E-state index contributed by atoms with van der Waals surface area (Å²) in [4.78, 5) is 36.9. The van der Waals surface area contributed by atoms with Crippen molar-refractivity contribution >= 4 is 17.8 Å². The van der Waals surface area contributed by atoms with Gasteiger partial charge in [-0.1, -0.05) is 6.92 Å². The van der Waals surface area contributed by atoms with E-state index in [1.807, 2.05) is 5.32 Å². The summed E-state index contributed by atoms with van der Waals surface area (Å²) in [6.07, 6.45) is 2.05. The highest BCUT2D eigenvalue weighted by atomic mass is 16.2. The van der Waals surface area contributed by atoms with Crippen molar-refractivity contribution in [1.82, 2.24) is 15.1 Å². The van der Waals surface area contributed by atoms with Crippen LogP contribution in [0.25, 0.3) is 0 Å². The molecule has 2 rings (SSSR count). The molecule has 0 spiro atoms. The molecule has 0 radical (unpaired) electrons. The van der Waals surface area contributed by atoms with E-state index in [0.29, 0.717) is 6.54 Å². The Morgan fingerprint density at radius 1 is 1.38 bits per heavy atom. The minimum absolute atomic E-state index is 0.200.